The quantitative estimate of drug-likeness (QED) is 0.0343. The third kappa shape index (κ3) is 20.1. The van der Waals surface area contributed by atoms with E-state index in [1.807, 2.05) is 54.0 Å². The summed E-state index contributed by atoms with van der Waals surface area (Å²) in [7, 11) is -14.8. The molecule has 2 aromatic carbocycles. The fourth-order valence-corrected chi connectivity index (χ4v) is 20.4. The Bertz CT molecular complexity index is 5520. The zero-order valence-electron chi connectivity index (χ0n) is 67.0. The first kappa shape index (κ1) is 86.7. The number of nitrogens with zero attached hydrogens (tertiary/aromatic N) is 11. The van der Waals surface area contributed by atoms with Crippen molar-refractivity contribution < 1.29 is 61.9 Å². The number of methoxy groups -OCH3 is 1. The number of nitrogen functional groups attached to an aromatic ring is 3. The van der Waals surface area contributed by atoms with Crippen molar-refractivity contribution in [2.24, 2.45) is 17.8 Å². The van der Waals surface area contributed by atoms with Gasteiger partial charge in [-0.05, 0) is 206 Å². The number of rotatable bonds is 22. The van der Waals surface area contributed by atoms with Gasteiger partial charge in [0.1, 0.15) is 45.6 Å². The molecule has 4 saturated heterocycles. The van der Waals surface area contributed by atoms with Crippen LogP contribution in [0.15, 0.2) is 155 Å². The molecule has 6 aromatic heterocycles. The second kappa shape index (κ2) is 35.4. The highest BCUT2D eigenvalue weighted by atomic mass is 32.2. The van der Waals surface area contributed by atoms with E-state index in [-0.39, 0.29) is 78.1 Å². The molecule has 620 valence electrons. The number of hydrogen-bond acceptors (Lipinski definition) is 25. The van der Waals surface area contributed by atoms with Crippen LogP contribution < -0.4 is 46.1 Å². The Morgan fingerprint density at radius 1 is 0.543 bits per heavy atom. The largest absolute Gasteiger partial charge is 0.384 e. The van der Waals surface area contributed by atoms with Gasteiger partial charge in [0.05, 0.1) is 47.9 Å². The van der Waals surface area contributed by atoms with Gasteiger partial charge in [0.15, 0.2) is 10.1 Å². The lowest BCUT2D eigenvalue weighted by atomic mass is 9.97. The van der Waals surface area contributed by atoms with Crippen LogP contribution in [-0.4, -0.2) is 173 Å². The van der Waals surface area contributed by atoms with E-state index < -0.39 is 58.0 Å². The highest BCUT2D eigenvalue weighted by Crippen LogP contribution is 2.43. The minimum Gasteiger partial charge on any atom is -0.384 e. The summed E-state index contributed by atoms with van der Waals surface area (Å²) in [6.07, 6.45) is 11.0. The summed E-state index contributed by atoms with van der Waals surface area (Å²) in [5, 5.41) is -0.697. The van der Waals surface area contributed by atoms with E-state index in [0.29, 0.717) is 129 Å². The van der Waals surface area contributed by atoms with E-state index in [9.17, 15) is 52.4 Å². The van der Waals surface area contributed by atoms with Crippen LogP contribution in [0, 0.1) is 30.5 Å². The van der Waals surface area contributed by atoms with Crippen molar-refractivity contribution >= 4 is 98.5 Å². The predicted octanol–water partition coefficient (Wildman–Crippen LogP) is 10.2. The van der Waals surface area contributed by atoms with Crippen LogP contribution in [0.1, 0.15) is 155 Å². The van der Waals surface area contributed by atoms with Gasteiger partial charge in [0.2, 0.25) is 0 Å². The average Bonchev–Trinajstić information content (AvgIpc) is 1.52. The first-order chi connectivity index (χ1) is 54.7. The number of carbonyl (C=O) groups is 3. The van der Waals surface area contributed by atoms with Gasteiger partial charge in [-0.15, -0.1) is 0 Å². The fraction of sp³-hybridized carbons (Fsp3) is 0.420. The number of nitrogens with one attached hydrogen (secondary N) is 3. The Kier molecular flexibility index (Phi) is 26.4. The Balaban J connectivity index is 0.000000172. The Morgan fingerprint density at radius 3 is 1.59 bits per heavy atom. The SMILES string of the molecule is COCCOCc1cccc(-c2cnc(N3CC(C)CC3(C)C)c(C(=O)NS(=O)(=O)c3cccc(N)n3)c2)c1.C[C@@H]1CN(c2nc(C3=CCCN(S(=O)(=O)N4CCCCC4)C3)ccc2C(=O)NS(=O)(=O)c2cccc(N)n2)C(C)(C)C1.Cc1c(F)cccc1-c1ccc(C(=O)NS(=O)(=O)c2cccnc2N)c(N2C[C@@H](C)CC2(C)C)n1. The van der Waals surface area contributed by atoms with Gasteiger partial charge in [-0.2, -0.15) is 33.9 Å². The van der Waals surface area contributed by atoms with Crippen molar-refractivity contribution in [1.29, 1.82) is 0 Å². The standard InChI is InChI=1S/C28H39N7O5S2.C28H35N5O5S.C25H28FN5O3S/c1-20-17-28(2,3)35(18-20)26-22(27(36)32-41(37,38)25-11-7-10-24(29)31-25)12-13-23(30-26)21-9-8-16-34(19-21)42(39,40)33-14-5-4-6-15-33;1-19-15-28(2,3)33(17-19)26-23(27(34)32-39(35,36)25-10-6-9-24(29)31-25)14-22(16-30-26)21-8-5-7-20(13-21)18-38-12-11-37-4;1-15-13-25(3,4)31(14-15)23-18(10-11-20(29-23)17-7-5-8-19(26)16(17)2)24(32)30-35(33,34)21-9-6-12-28-22(21)27/h7,9-13,20H,4-6,8,14-19H2,1-3H3,(H2,29,31)(H,32,36);5-10,13-14,16,19H,11-12,15,17-18H2,1-4H3,(H2,29,31)(H,32,34);5-12,15H,13-14H2,1-4H3,(H2,27,28)(H,30,32)/t20-;;15-/m0.0/s1. The molecule has 0 bridgehead atoms. The predicted molar refractivity (Wildman–Crippen MR) is 444 cm³/mol. The smallest absolute Gasteiger partial charge is 0.282 e. The summed E-state index contributed by atoms with van der Waals surface area (Å²) in [4.78, 5) is 72.1. The second-order valence-corrected chi connectivity index (χ2v) is 38.7. The molecule has 35 heteroatoms. The summed E-state index contributed by atoms with van der Waals surface area (Å²) >= 11 is 0. The molecule has 9 N–H and O–H groups in total. The maximum atomic E-state index is 14.2. The average molecular weight is 1670 g/mol. The van der Waals surface area contributed by atoms with Crippen LogP contribution in [0.4, 0.5) is 39.3 Å². The molecule has 1 unspecified atom stereocenters. The summed E-state index contributed by atoms with van der Waals surface area (Å²) in [5.74, 6) is -0.827. The molecule has 116 heavy (non-hydrogen) atoms. The van der Waals surface area contributed by atoms with Crippen molar-refractivity contribution in [3.8, 4) is 22.4 Å². The molecule has 5 aliphatic rings. The molecule has 13 rings (SSSR count). The van der Waals surface area contributed by atoms with Gasteiger partial charge in [-0.25, -0.2) is 56.9 Å². The van der Waals surface area contributed by atoms with Crippen LogP contribution in [0.3, 0.4) is 0 Å². The van der Waals surface area contributed by atoms with Crippen LogP contribution in [-0.2, 0) is 56.4 Å². The number of piperidine rings is 1. The minimum absolute atomic E-state index is 0.0157. The zero-order valence-corrected chi connectivity index (χ0v) is 70.3. The molecule has 0 spiro atoms. The van der Waals surface area contributed by atoms with Crippen molar-refractivity contribution in [2.75, 3.05) is 98.0 Å². The number of halogens is 1. The maximum Gasteiger partial charge on any atom is 0.282 e. The molecular formula is C81H102FN17O13S4. The lowest BCUT2D eigenvalue weighted by molar-refractivity contribution is 0.0617. The molecular weight excluding hydrogens is 1570 g/mol. The zero-order chi connectivity index (χ0) is 84.0. The van der Waals surface area contributed by atoms with Gasteiger partial charge >= 0.3 is 0 Å². The number of carbonyl (C=O) groups excluding carboxylic acids is 3. The highest BCUT2D eigenvalue weighted by Gasteiger charge is 2.44. The normalized spacial score (nSPS) is 18.9. The summed E-state index contributed by atoms with van der Waals surface area (Å²) in [5.41, 5.74) is 21.7. The number of anilines is 6. The van der Waals surface area contributed by atoms with Crippen molar-refractivity contribution in [2.45, 2.75) is 152 Å². The number of sulfonamides is 3. The van der Waals surface area contributed by atoms with Crippen molar-refractivity contribution in [3.63, 3.8) is 0 Å². The number of ether oxygens (including phenoxy) is 2. The molecule has 3 atom stereocenters. The fourth-order valence-electron chi connectivity index (χ4n) is 15.8. The topological polar surface area (TPSA) is 414 Å². The minimum atomic E-state index is -4.30. The van der Waals surface area contributed by atoms with Gasteiger partial charge in [-0.1, -0.05) is 75.7 Å². The van der Waals surface area contributed by atoms with Crippen LogP contribution >= 0.6 is 0 Å². The second-order valence-electron chi connectivity index (χ2n) is 31.9. The summed E-state index contributed by atoms with van der Waals surface area (Å²) in [6.45, 7) is 25.4. The van der Waals surface area contributed by atoms with E-state index in [1.165, 1.54) is 71.2 Å². The van der Waals surface area contributed by atoms with E-state index in [0.717, 1.165) is 55.2 Å². The van der Waals surface area contributed by atoms with E-state index in [2.05, 4.69) is 82.5 Å². The number of amides is 3. The monoisotopic (exact) mass is 1670 g/mol. The van der Waals surface area contributed by atoms with Gasteiger partial charge < -0.3 is 41.4 Å². The molecule has 0 saturated carbocycles. The van der Waals surface area contributed by atoms with Gasteiger partial charge in [0.25, 0.3) is 58.0 Å². The first-order valence-corrected chi connectivity index (χ1v) is 44.1. The third-order valence-electron chi connectivity index (χ3n) is 21.1. The van der Waals surface area contributed by atoms with E-state index in [4.69, 9.17) is 41.6 Å². The summed E-state index contributed by atoms with van der Waals surface area (Å²) in [6, 6.07) is 31.6. The van der Waals surface area contributed by atoms with Gasteiger partial charge in [0, 0.05) is 93.1 Å². The van der Waals surface area contributed by atoms with Crippen molar-refractivity contribution in [3.05, 3.63) is 179 Å². The molecule has 8 aromatic rings. The lowest BCUT2D eigenvalue weighted by Crippen LogP contribution is -2.47. The number of aromatic nitrogens is 6. The third-order valence-corrected chi connectivity index (χ3v) is 26.9. The number of benzene rings is 2. The lowest BCUT2D eigenvalue weighted by Gasteiger charge is -2.35. The first-order valence-electron chi connectivity index (χ1n) is 38.3. The molecule has 4 fully saturated rings. The van der Waals surface area contributed by atoms with Gasteiger partial charge in [-0.3, -0.25) is 14.4 Å². The van der Waals surface area contributed by atoms with Crippen molar-refractivity contribution in [1.82, 2.24) is 52.7 Å². The molecule has 30 nitrogen and oxygen atoms in total. The Hall–Kier alpha value is -10.1. The Labute approximate surface area is 678 Å². The van der Waals surface area contributed by atoms with E-state index in [1.54, 1.807) is 60.9 Å². The summed E-state index contributed by atoms with van der Waals surface area (Å²) < 4.78 is 139. The molecule has 5 aliphatic heterocycles. The molecule has 0 aliphatic carbocycles. The molecule has 0 radical (unpaired) electrons. The van der Waals surface area contributed by atoms with E-state index >= 15 is 0 Å². The number of pyridine rings is 6. The molecule has 3 amide bonds. The van der Waals surface area contributed by atoms with Crippen LogP contribution in [0.5, 0.6) is 0 Å². The Morgan fingerprint density at radius 2 is 1.06 bits per heavy atom. The highest BCUT2D eigenvalue weighted by molar-refractivity contribution is 7.90. The number of nitrogens with two attached hydrogens (primary N) is 3. The molecule has 11 heterocycles. The maximum absolute atomic E-state index is 14.2. The van der Waals surface area contributed by atoms with Crippen LogP contribution in [0.2, 0.25) is 0 Å². The van der Waals surface area contributed by atoms with Crippen LogP contribution in [0.25, 0.3) is 28.0 Å². The number of hydrogen-bond donors (Lipinski definition) is 6.